The predicted octanol–water partition coefficient (Wildman–Crippen LogP) is 1.97. The van der Waals surface area contributed by atoms with Gasteiger partial charge in [-0.1, -0.05) is 19.4 Å². The topological polar surface area (TPSA) is 119 Å². The number of amides is 1. The maximum Gasteiger partial charge on any atom is 0.322 e. The van der Waals surface area contributed by atoms with Crippen molar-refractivity contribution in [2.75, 3.05) is 13.3 Å². The van der Waals surface area contributed by atoms with Crippen LogP contribution in [0.4, 0.5) is 5.69 Å². The Bertz CT molecular complexity index is 802. The molecule has 132 valence electrons. The first-order valence-electron chi connectivity index (χ1n) is 7.98. The van der Waals surface area contributed by atoms with Crippen molar-refractivity contribution in [3.8, 4) is 11.5 Å². The number of nitrogens with one attached hydrogen (secondary N) is 2. The largest absolute Gasteiger partial charge is 0.454 e. The van der Waals surface area contributed by atoms with E-state index in [2.05, 4.69) is 15.5 Å². The molecule has 0 aliphatic carbocycles. The van der Waals surface area contributed by atoms with Crippen LogP contribution in [0.5, 0.6) is 11.5 Å². The van der Waals surface area contributed by atoms with Crippen LogP contribution in [0.15, 0.2) is 18.2 Å². The van der Waals surface area contributed by atoms with E-state index in [0.29, 0.717) is 43.0 Å². The molecule has 0 radical (unpaired) electrons. The van der Waals surface area contributed by atoms with E-state index in [0.717, 1.165) is 5.56 Å². The molecule has 1 amide bonds. The first-order chi connectivity index (χ1) is 12.1. The second-order valence-corrected chi connectivity index (χ2v) is 5.60. The summed E-state index contributed by atoms with van der Waals surface area (Å²) >= 11 is 0. The number of nitrogens with zero attached hydrogens (tertiary/aromatic N) is 2. The number of carbonyl (C=O) groups excluding carboxylic acids is 1. The van der Waals surface area contributed by atoms with Gasteiger partial charge in [0.15, 0.2) is 11.5 Å². The van der Waals surface area contributed by atoms with Gasteiger partial charge in [0, 0.05) is 6.54 Å². The van der Waals surface area contributed by atoms with Crippen molar-refractivity contribution in [2.24, 2.45) is 0 Å². The van der Waals surface area contributed by atoms with Crippen molar-refractivity contribution in [2.45, 2.75) is 26.2 Å². The third-order valence-corrected chi connectivity index (χ3v) is 3.85. The number of ether oxygens (including phenoxy) is 2. The number of aryl methyl sites for hydroxylation is 1. The van der Waals surface area contributed by atoms with Crippen molar-refractivity contribution in [3.63, 3.8) is 0 Å². The molecule has 9 heteroatoms. The highest BCUT2D eigenvalue weighted by molar-refractivity contribution is 5.96. The Morgan fingerprint density at radius 1 is 1.36 bits per heavy atom. The van der Waals surface area contributed by atoms with Crippen LogP contribution in [0.25, 0.3) is 0 Å². The first-order valence-corrected chi connectivity index (χ1v) is 7.98. The molecule has 2 aromatic rings. The van der Waals surface area contributed by atoms with Gasteiger partial charge in [-0.3, -0.25) is 20.0 Å². The van der Waals surface area contributed by atoms with Gasteiger partial charge in [0.05, 0.1) is 4.92 Å². The fraction of sp³-hybridized carbons (Fsp3) is 0.375. The van der Waals surface area contributed by atoms with Crippen molar-refractivity contribution in [3.05, 3.63) is 45.3 Å². The van der Waals surface area contributed by atoms with Crippen LogP contribution in [0.3, 0.4) is 0 Å². The second kappa shape index (κ2) is 7.20. The summed E-state index contributed by atoms with van der Waals surface area (Å²) in [4.78, 5) is 22.9. The number of benzene rings is 1. The molecule has 0 saturated heterocycles. The zero-order chi connectivity index (χ0) is 17.8. The molecule has 0 bridgehead atoms. The summed E-state index contributed by atoms with van der Waals surface area (Å²) in [5.41, 5.74) is 0.905. The third kappa shape index (κ3) is 3.54. The van der Waals surface area contributed by atoms with E-state index in [1.165, 1.54) is 0 Å². The number of hydrogen-bond donors (Lipinski definition) is 2. The molecule has 1 aliphatic heterocycles. The molecule has 25 heavy (non-hydrogen) atoms. The smallest absolute Gasteiger partial charge is 0.322 e. The number of carbonyl (C=O) groups is 1. The average molecular weight is 346 g/mol. The van der Waals surface area contributed by atoms with E-state index in [1.54, 1.807) is 0 Å². The molecule has 9 nitrogen and oxygen atoms in total. The maximum absolute atomic E-state index is 12.2. The SMILES string of the molecule is CCCc1[nH]nc(C(=O)NCCc2ccc3c(c2)OCO3)c1[N+](=O)[O-]. The van der Waals surface area contributed by atoms with Crippen molar-refractivity contribution < 1.29 is 19.2 Å². The summed E-state index contributed by atoms with van der Waals surface area (Å²) in [5, 5.41) is 20.3. The Morgan fingerprint density at radius 3 is 2.92 bits per heavy atom. The summed E-state index contributed by atoms with van der Waals surface area (Å²) in [6.45, 7) is 2.43. The van der Waals surface area contributed by atoms with Gasteiger partial charge in [0.25, 0.3) is 5.91 Å². The molecule has 0 spiro atoms. The molecule has 2 N–H and O–H groups in total. The molecular formula is C16H18N4O5. The highest BCUT2D eigenvalue weighted by Crippen LogP contribution is 2.32. The monoisotopic (exact) mass is 346 g/mol. The Balaban J connectivity index is 1.62. The molecule has 2 heterocycles. The zero-order valence-corrected chi connectivity index (χ0v) is 13.7. The normalized spacial score (nSPS) is 12.2. The van der Waals surface area contributed by atoms with E-state index in [-0.39, 0.29) is 18.2 Å². The quantitative estimate of drug-likeness (QED) is 0.584. The lowest BCUT2D eigenvalue weighted by atomic mass is 10.1. The van der Waals surface area contributed by atoms with E-state index < -0.39 is 10.8 Å². The minimum absolute atomic E-state index is 0.181. The van der Waals surface area contributed by atoms with Gasteiger partial charge in [-0.2, -0.15) is 5.10 Å². The molecule has 1 aromatic carbocycles. The lowest BCUT2D eigenvalue weighted by molar-refractivity contribution is -0.385. The van der Waals surface area contributed by atoms with Crippen LogP contribution in [0.2, 0.25) is 0 Å². The summed E-state index contributed by atoms with van der Waals surface area (Å²) in [5.74, 6) is 0.811. The fourth-order valence-corrected chi connectivity index (χ4v) is 2.65. The van der Waals surface area contributed by atoms with E-state index in [4.69, 9.17) is 9.47 Å². The van der Waals surface area contributed by atoms with Gasteiger partial charge in [-0.15, -0.1) is 0 Å². The average Bonchev–Trinajstić information content (AvgIpc) is 3.21. The number of rotatable bonds is 7. The van der Waals surface area contributed by atoms with Crippen LogP contribution in [0, 0.1) is 10.1 Å². The molecule has 1 aromatic heterocycles. The van der Waals surface area contributed by atoms with E-state index in [9.17, 15) is 14.9 Å². The number of hydrogen-bond acceptors (Lipinski definition) is 6. The molecular weight excluding hydrogens is 328 g/mol. The van der Waals surface area contributed by atoms with Crippen LogP contribution in [0.1, 0.15) is 35.1 Å². The van der Waals surface area contributed by atoms with E-state index in [1.807, 2.05) is 25.1 Å². The number of aromatic amines is 1. The maximum atomic E-state index is 12.2. The Morgan fingerprint density at radius 2 is 2.16 bits per heavy atom. The molecule has 0 saturated carbocycles. The van der Waals surface area contributed by atoms with Crippen molar-refractivity contribution >= 4 is 11.6 Å². The summed E-state index contributed by atoms with van der Waals surface area (Å²) in [7, 11) is 0. The molecule has 1 aliphatic rings. The number of nitro groups is 1. The Kier molecular flexibility index (Phi) is 4.82. The molecule has 3 rings (SSSR count). The highest BCUT2D eigenvalue weighted by Gasteiger charge is 2.28. The third-order valence-electron chi connectivity index (χ3n) is 3.85. The van der Waals surface area contributed by atoms with Crippen molar-refractivity contribution in [1.82, 2.24) is 15.5 Å². The number of H-pyrrole nitrogens is 1. The van der Waals surface area contributed by atoms with Crippen LogP contribution < -0.4 is 14.8 Å². The molecule has 0 fully saturated rings. The number of aromatic nitrogens is 2. The van der Waals surface area contributed by atoms with Gasteiger partial charge in [0.1, 0.15) is 5.69 Å². The van der Waals surface area contributed by atoms with E-state index >= 15 is 0 Å². The fourth-order valence-electron chi connectivity index (χ4n) is 2.65. The van der Waals surface area contributed by atoms with Gasteiger partial charge < -0.3 is 14.8 Å². The first kappa shape index (κ1) is 16.7. The second-order valence-electron chi connectivity index (χ2n) is 5.60. The Labute approximate surface area is 143 Å². The summed E-state index contributed by atoms with van der Waals surface area (Å²) < 4.78 is 10.5. The van der Waals surface area contributed by atoms with Gasteiger partial charge in [0.2, 0.25) is 12.5 Å². The van der Waals surface area contributed by atoms with Crippen molar-refractivity contribution in [1.29, 1.82) is 0 Å². The highest BCUT2D eigenvalue weighted by atomic mass is 16.7. The number of fused-ring (bicyclic) bond motifs is 1. The van der Waals surface area contributed by atoms with Crippen LogP contribution in [-0.2, 0) is 12.8 Å². The lowest BCUT2D eigenvalue weighted by Crippen LogP contribution is -2.26. The van der Waals surface area contributed by atoms with Crippen LogP contribution in [-0.4, -0.2) is 34.4 Å². The predicted molar refractivity (Wildman–Crippen MR) is 87.8 cm³/mol. The lowest BCUT2D eigenvalue weighted by Gasteiger charge is -2.05. The standard InChI is InChI=1S/C16H18N4O5/c1-2-3-11-15(20(22)23)14(19-18-11)16(21)17-7-6-10-4-5-12-13(8-10)25-9-24-12/h4-5,8H,2-3,6-7,9H2,1H3,(H,17,21)(H,18,19). The zero-order valence-electron chi connectivity index (χ0n) is 13.7. The van der Waals surface area contributed by atoms with Crippen LogP contribution >= 0.6 is 0 Å². The minimum Gasteiger partial charge on any atom is -0.454 e. The van der Waals surface area contributed by atoms with Gasteiger partial charge >= 0.3 is 5.69 Å². The summed E-state index contributed by atoms with van der Waals surface area (Å²) in [6, 6.07) is 5.55. The molecule has 0 unspecified atom stereocenters. The van der Waals surface area contributed by atoms with Gasteiger partial charge in [-0.25, -0.2) is 0 Å². The summed E-state index contributed by atoms with van der Waals surface area (Å²) in [6.07, 6.45) is 1.74. The van der Waals surface area contributed by atoms with Gasteiger partial charge in [-0.05, 0) is 30.5 Å². The minimum atomic E-state index is -0.568. The molecule has 0 atom stereocenters. The Hall–Kier alpha value is -3.10.